The Morgan fingerprint density at radius 3 is 1.88 bits per heavy atom. The van der Waals surface area contributed by atoms with Crippen LogP contribution in [0.1, 0.15) is 11.1 Å². The first-order valence-corrected chi connectivity index (χ1v) is 16.6. The molecule has 0 aliphatic carbocycles. The third-order valence-corrected chi connectivity index (χ3v) is 8.27. The Morgan fingerprint density at radius 1 is 0.596 bits per heavy atom. The first kappa shape index (κ1) is 37.7. The van der Waals surface area contributed by atoms with Crippen molar-refractivity contribution in [3.8, 4) is 22.6 Å². The number of aromatic nitrogens is 7. The normalized spacial score (nSPS) is 11.5. The van der Waals surface area contributed by atoms with Crippen LogP contribution in [0.15, 0.2) is 134 Å². The Kier molecular flexibility index (Phi) is 10.3. The zero-order valence-electron chi connectivity index (χ0n) is 28.9. The van der Waals surface area contributed by atoms with Crippen LogP contribution in [0.5, 0.6) is 0 Å². The maximum absolute atomic E-state index is 12.7. The standard InChI is InChI=1S/C20H12F3N5O2.C19H12F3N5/c21-20(22,23)14-5-7-15(8-6-14)27-19-18(28(29)30)17(25-11-26-19)13-4-3-12-2-1-9-24-16(12)10-13;20-19(21,22)13-6-8-14(9-7-13)26-18-25-11-24-17(27-18)15-5-1-3-12-4-2-10-23-16(12)15/h1-11H,(H,25,26,27);1-11H,(H,24,25,26,27). The Balaban J connectivity index is 0.000000175. The van der Waals surface area contributed by atoms with E-state index in [1.54, 1.807) is 36.7 Å². The molecule has 0 unspecified atom stereocenters. The van der Waals surface area contributed by atoms with Crippen molar-refractivity contribution in [2.24, 2.45) is 0 Å². The van der Waals surface area contributed by atoms with Crippen molar-refractivity contribution in [3.63, 3.8) is 0 Å². The molecular weight excluding hydrogens is 754 g/mol. The number of benzene rings is 4. The molecule has 2 N–H and O–H groups in total. The average Bonchev–Trinajstić information content (AvgIpc) is 3.20. The Morgan fingerprint density at radius 2 is 1.21 bits per heavy atom. The van der Waals surface area contributed by atoms with Crippen LogP contribution in [0.3, 0.4) is 0 Å². The number of fused-ring (bicyclic) bond motifs is 2. The zero-order chi connectivity index (χ0) is 40.2. The second-order valence-electron chi connectivity index (χ2n) is 12.0. The second kappa shape index (κ2) is 15.6. The molecule has 18 heteroatoms. The lowest BCUT2D eigenvalue weighted by Gasteiger charge is -2.11. The fraction of sp³-hybridized carbons (Fsp3) is 0.0513. The van der Waals surface area contributed by atoms with Crippen LogP contribution < -0.4 is 10.6 Å². The highest BCUT2D eigenvalue weighted by Crippen LogP contribution is 2.36. The summed E-state index contributed by atoms with van der Waals surface area (Å²) in [6, 6.07) is 27.0. The van der Waals surface area contributed by atoms with E-state index >= 15 is 0 Å². The molecule has 0 bridgehead atoms. The average molecular weight is 779 g/mol. The number of para-hydroxylation sites is 1. The summed E-state index contributed by atoms with van der Waals surface area (Å²) in [5.74, 6) is 0.516. The molecule has 8 rings (SSSR count). The summed E-state index contributed by atoms with van der Waals surface area (Å²) >= 11 is 0. The first-order valence-electron chi connectivity index (χ1n) is 16.6. The summed E-state index contributed by atoms with van der Waals surface area (Å²) in [4.78, 5) is 40.3. The van der Waals surface area contributed by atoms with Crippen LogP contribution in [0.4, 0.5) is 55.2 Å². The third kappa shape index (κ3) is 8.69. The number of nitrogens with one attached hydrogen (secondary N) is 2. The number of halogens is 6. The summed E-state index contributed by atoms with van der Waals surface area (Å²) in [6.45, 7) is 0. The van der Waals surface area contributed by atoms with Gasteiger partial charge in [0.05, 0.1) is 27.1 Å². The van der Waals surface area contributed by atoms with E-state index in [4.69, 9.17) is 0 Å². The SMILES string of the molecule is FC(F)(F)c1ccc(Nc2ncnc(-c3cccc4cccnc34)n2)cc1.O=[N+]([O-])c1c(Nc2ccc(C(F)(F)F)cc2)ncnc1-c1ccc2cccnc2c1. The fourth-order valence-electron chi connectivity index (χ4n) is 5.59. The molecular formula is C39H24F6N10O2. The highest BCUT2D eigenvalue weighted by atomic mass is 19.4. The monoisotopic (exact) mass is 778 g/mol. The molecule has 4 aromatic carbocycles. The summed E-state index contributed by atoms with van der Waals surface area (Å²) < 4.78 is 76.2. The molecule has 4 aromatic heterocycles. The topological polar surface area (TPSA) is 157 Å². The molecule has 0 aliphatic heterocycles. The lowest BCUT2D eigenvalue weighted by molar-refractivity contribution is -0.383. The van der Waals surface area contributed by atoms with Crippen LogP contribution in [0, 0.1) is 10.1 Å². The fourth-order valence-corrected chi connectivity index (χ4v) is 5.59. The molecule has 284 valence electrons. The van der Waals surface area contributed by atoms with Gasteiger partial charge in [-0.25, -0.2) is 19.9 Å². The van der Waals surface area contributed by atoms with Gasteiger partial charge in [-0.15, -0.1) is 0 Å². The number of alkyl halides is 6. The molecule has 0 fully saturated rings. The zero-order valence-corrected chi connectivity index (χ0v) is 28.9. The van der Waals surface area contributed by atoms with E-state index in [1.807, 2.05) is 36.4 Å². The Labute approximate surface area is 317 Å². The van der Waals surface area contributed by atoms with Gasteiger partial charge >= 0.3 is 18.0 Å². The van der Waals surface area contributed by atoms with Gasteiger partial charge in [-0.05, 0) is 72.8 Å². The van der Waals surface area contributed by atoms with Gasteiger partial charge in [0.15, 0.2) is 11.5 Å². The van der Waals surface area contributed by atoms with E-state index in [0.29, 0.717) is 22.6 Å². The first-order chi connectivity index (χ1) is 27.3. The van der Waals surface area contributed by atoms with E-state index in [1.165, 1.54) is 30.6 Å². The van der Waals surface area contributed by atoms with Gasteiger partial charge in [0.1, 0.15) is 12.7 Å². The molecule has 0 saturated heterocycles. The Hall–Kier alpha value is -7.63. The van der Waals surface area contributed by atoms with Crippen LogP contribution >= 0.6 is 0 Å². The summed E-state index contributed by atoms with van der Waals surface area (Å²) in [6.07, 6.45) is -3.06. The lowest BCUT2D eigenvalue weighted by Crippen LogP contribution is -2.06. The van der Waals surface area contributed by atoms with Crippen molar-refractivity contribution in [3.05, 3.63) is 155 Å². The smallest absolute Gasteiger partial charge is 0.334 e. The molecule has 0 spiro atoms. The molecule has 4 heterocycles. The minimum atomic E-state index is -4.48. The van der Waals surface area contributed by atoms with Gasteiger partial charge in [-0.2, -0.15) is 31.3 Å². The minimum Gasteiger partial charge on any atom is -0.334 e. The molecule has 0 amide bonds. The molecule has 0 radical (unpaired) electrons. The predicted molar refractivity (Wildman–Crippen MR) is 199 cm³/mol. The highest BCUT2D eigenvalue weighted by Gasteiger charge is 2.31. The van der Waals surface area contributed by atoms with Crippen LogP contribution in [0.25, 0.3) is 44.5 Å². The van der Waals surface area contributed by atoms with E-state index in [2.05, 4.69) is 45.5 Å². The van der Waals surface area contributed by atoms with Gasteiger partial charge in [-0.3, -0.25) is 20.1 Å². The van der Waals surface area contributed by atoms with Crippen molar-refractivity contribution >= 4 is 50.6 Å². The van der Waals surface area contributed by atoms with E-state index in [0.717, 1.165) is 52.4 Å². The number of anilines is 4. The van der Waals surface area contributed by atoms with E-state index in [9.17, 15) is 36.5 Å². The maximum atomic E-state index is 12.7. The van der Waals surface area contributed by atoms with Gasteiger partial charge in [0.25, 0.3) is 0 Å². The number of hydrogen-bond donors (Lipinski definition) is 2. The summed E-state index contributed by atoms with van der Waals surface area (Å²) in [7, 11) is 0. The van der Waals surface area contributed by atoms with Gasteiger partial charge < -0.3 is 10.6 Å². The van der Waals surface area contributed by atoms with Crippen molar-refractivity contribution < 1.29 is 31.3 Å². The Bertz CT molecular complexity index is 2710. The van der Waals surface area contributed by atoms with Crippen molar-refractivity contribution in [1.82, 2.24) is 34.9 Å². The number of pyridine rings is 2. The van der Waals surface area contributed by atoms with Crippen LogP contribution in [0.2, 0.25) is 0 Å². The molecule has 8 aromatic rings. The summed E-state index contributed by atoms with van der Waals surface area (Å²) in [5, 5.41) is 19.2. The molecule has 0 atom stereocenters. The number of nitro groups is 1. The van der Waals surface area contributed by atoms with Crippen molar-refractivity contribution in [2.45, 2.75) is 12.4 Å². The quantitative estimate of drug-likeness (QED) is 0.0901. The van der Waals surface area contributed by atoms with E-state index < -0.39 is 34.1 Å². The largest absolute Gasteiger partial charge is 0.416 e. The molecule has 57 heavy (non-hydrogen) atoms. The number of hydrogen-bond acceptors (Lipinski definition) is 11. The second-order valence-corrected chi connectivity index (χ2v) is 12.0. The van der Waals surface area contributed by atoms with Crippen LogP contribution in [-0.2, 0) is 12.4 Å². The summed E-state index contributed by atoms with van der Waals surface area (Å²) in [5.41, 5.74) is 1.39. The molecule has 0 aliphatic rings. The van der Waals surface area contributed by atoms with E-state index in [-0.39, 0.29) is 23.1 Å². The van der Waals surface area contributed by atoms with Crippen LogP contribution in [-0.4, -0.2) is 39.8 Å². The van der Waals surface area contributed by atoms with Gasteiger partial charge in [0.2, 0.25) is 11.8 Å². The maximum Gasteiger partial charge on any atom is 0.416 e. The third-order valence-electron chi connectivity index (χ3n) is 8.27. The van der Waals surface area contributed by atoms with Gasteiger partial charge in [-0.1, -0.05) is 36.4 Å². The van der Waals surface area contributed by atoms with Crippen molar-refractivity contribution in [2.75, 3.05) is 10.6 Å². The predicted octanol–water partition coefficient (Wildman–Crippen LogP) is 10.2. The number of rotatable bonds is 7. The van der Waals surface area contributed by atoms with Gasteiger partial charge in [0, 0.05) is 45.7 Å². The minimum absolute atomic E-state index is 0.0666. The highest BCUT2D eigenvalue weighted by molar-refractivity contribution is 5.92. The molecule has 12 nitrogen and oxygen atoms in total. The van der Waals surface area contributed by atoms with Crippen molar-refractivity contribution in [1.29, 1.82) is 0 Å². The molecule has 0 saturated carbocycles. The lowest BCUT2D eigenvalue weighted by atomic mass is 10.1. The number of nitrogens with zero attached hydrogens (tertiary/aromatic N) is 8.